The van der Waals surface area contributed by atoms with Gasteiger partial charge in [-0.2, -0.15) is 0 Å². The Kier molecular flexibility index (Phi) is 5.73. The van der Waals surface area contributed by atoms with Gasteiger partial charge in [-0.3, -0.25) is 14.4 Å². The van der Waals surface area contributed by atoms with Gasteiger partial charge in [-0.25, -0.2) is 0 Å². The van der Waals surface area contributed by atoms with Crippen LogP contribution in [0.5, 0.6) is 0 Å². The smallest absolute Gasteiger partial charge is 0.325 e. The van der Waals surface area contributed by atoms with Crippen LogP contribution in [-0.4, -0.2) is 42.3 Å². The lowest BCUT2D eigenvalue weighted by molar-refractivity contribution is -0.148. The first-order valence-corrected chi connectivity index (χ1v) is 6.04. The van der Waals surface area contributed by atoms with Crippen LogP contribution in [-0.2, 0) is 14.3 Å². The van der Waals surface area contributed by atoms with Crippen molar-refractivity contribution < 1.29 is 19.1 Å². The second kappa shape index (κ2) is 7.31. The summed E-state index contributed by atoms with van der Waals surface area (Å²) in [7, 11) is 0. The van der Waals surface area contributed by atoms with E-state index in [2.05, 4.69) is 0 Å². The maximum atomic E-state index is 12.0. The Balaban J connectivity index is 2.66. The van der Waals surface area contributed by atoms with E-state index in [4.69, 9.17) is 4.74 Å². The number of carbonyl (C=O) groups excluding carboxylic acids is 3. The molecule has 1 aromatic carbocycles. The van der Waals surface area contributed by atoms with Gasteiger partial charge in [-0.15, -0.1) is 0 Å². The van der Waals surface area contributed by atoms with Gasteiger partial charge in [0.05, 0.1) is 13.2 Å². The van der Waals surface area contributed by atoms with E-state index in [0.717, 1.165) is 0 Å². The van der Waals surface area contributed by atoms with Gasteiger partial charge in [-0.05, 0) is 6.92 Å². The molecule has 0 aliphatic rings. The Bertz CT molecular complexity index is 456. The molecular weight excluding hydrogens is 246 g/mol. The van der Waals surface area contributed by atoms with Crippen molar-refractivity contribution in [3.05, 3.63) is 35.9 Å². The number of benzene rings is 1. The fourth-order valence-electron chi connectivity index (χ4n) is 1.53. The Morgan fingerprint density at radius 2 is 1.74 bits per heavy atom. The highest BCUT2D eigenvalue weighted by molar-refractivity contribution is 5.99. The second-order valence-corrected chi connectivity index (χ2v) is 3.97. The number of Topliss-reactive ketones (excluding diaryl/α,β-unsaturated/α-hetero) is 1. The van der Waals surface area contributed by atoms with Gasteiger partial charge in [0.25, 0.3) is 0 Å². The monoisotopic (exact) mass is 263 g/mol. The molecule has 0 fully saturated rings. The Labute approximate surface area is 112 Å². The van der Waals surface area contributed by atoms with Crippen molar-refractivity contribution in [3.8, 4) is 0 Å². The molecule has 0 aliphatic heterocycles. The van der Waals surface area contributed by atoms with Crippen LogP contribution >= 0.6 is 0 Å². The van der Waals surface area contributed by atoms with Crippen molar-refractivity contribution in [2.75, 3.05) is 19.7 Å². The highest BCUT2D eigenvalue weighted by atomic mass is 16.5. The van der Waals surface area contributed by atoms with E-state index in [1.807, 2.05) is 0 Å². The number of rotatable bonds is 6. The van der Waals surface area contributed by atoms with E-state index in [0.29, 0.717) is 5.56 Å². The van der Waals surface area contributed by atoms with Crippen LogP contribution in [0.25, 0.3) is 0 Å². The average Bonchev–Trinajstić information content (AvgIpc) is 2.39. The minimum Gasteiger partial charge on any atom is -0.465 e. The van der Waals surface area contributed by atoms with Crippen molar-refractivity contribution in [1.29, 1.82) is 0 Å². The number of esters is 1. The van der Waals surface area contributed by atoms with E-state index in [1.54, 1.807) is 37.3 Å². The molecule has 0 bridgehead atoms. The summed E-state index contributed by atoms with van der Waals surface area (Å²) in [5.41, 5.74) is 0.512. The number of carbonyl (C=O) groups is 3. The van der Waals surface area contributed by atoms with Gasteiger partial charge in [0.2, 0.25) is 5.91 Å². The summed E-state index contributed by atoms with van der Waals surface area (Å²) in [5, 5.41) is 0. The first-order chi connectivity index (χ1) is 9.04. The highest BCUT2D eigenvalue weighted by Gasteiger charge is 2.18. The van der Waals surface area contributed by atoms with E-state index in [9.17, 15) is 14.4 Å². The summed E-state index contributed by atoms with van der Waals surface area (Å²) < 4.78 is 4.77. The molecule has 0 N–H and O–H groups in total. The van der Waals surface area contributed by atoms with Crippen LogP contribution in [0.15, 0.2) is 30.3 Å². The standard InChI is InChI=1S/C14H17NO4/c1-3-19-14(18)10-15(11(2)16)9-13(17)12-7-5-4-6-8-12/h4-8H,3,9-10H2,1-2H3. The summed E-state index contributed by atoms with van der Waals surface area (Å²) >= 11 is 0. The Morgan fingerprint density at radius 3 is 2.26 bits per heavy atom. The van der Waals surface area contributed by atoms with Crippen LogP contribution in [0.4, 0.5) is 0 Å². The molecule has 0 radical (unpaired) electrons. The normalized spacial score (nSPS) is 9.79. The van der Waals surface area contributed by atoms with Gasteiger partial charge in [0, 0.05) is 12.5 Å². The first-order valence-electron chi connectivity index (χ1n) is 6.04. The molecule has 0 spiro atoms. The molecule has 102 valence electrons. The molecule has 19 heavy (non-hydrogen) atoms. The fraction of sp³-hybridized carbons (Fsp3) is 0.357. The van der Waals surface area contributed by atoms with Crippen molar-refractivity contribution in [2.45, 2.75) is 13.8 Å². The van der Waals surface area contributed by atoms with Gasteiger partial charge < -0.3 is 9.64 Å². The fourth-order valence-corrected chi connectivity index (χ4v) is 1.53. The quantitative estimate of drug-likeness (QED) is 0.573. The van der Waals surface area contributed by atoms with Gasteiger partial charge in [0.15, 0.2) is 5.78 Å². The summed E-state index contributed by atoms with van der Waals surface area (Å²) in [6, 6.07) is 8.64. The van der Waals surface area contributed by atoms with Crippen molar-refractivity contribution in [1.82, 2.24) is 4.90 Å². The lowest BCUT2D eigenvalue weighted by atomic mass is 10.1. The number of nitrogens with zero attached hydrogens (tertiary/aromatic N) is 1. The van der Waals surface area contributed by atoms with Crippen molar-refractivity contribution >= 4 is 17.7 Å². The van der Waals surface area contributed by atoms with Crippen LogP contribution in [0.1, 0.15) is 24.2 Å². The number of amides is 1. The number of ketones is 1. The summed E-state index contributed by atoms with van der Waals surface area (Å²) in [6.45, 7) is 2.92. The zero-order chi connectivity index (χ0) is 14.3. The third-order valence-electron chi connectivity index (χ3n) is 2.50. The zero-order valence-electron chi connectivity index (χ0n) is 11.1. The van der Waals surface area contributed by atoms with Crippen LogP contribution < -0.4 is 0 Å². The predicted octanol–water partition coefficient (Wildman–Crippen LogP) is 1.28. The Hall–Kier alpha value is -2.17. The molecule has 1 amide bonds. The van der Waals surface area contributed by atoms with E-state index in [-0.39, 0.29) is 31.4 Å². The number of hydrogen-bond acceptors (Lipinski definition) is 4. The van der Waals surface area contributed by atoms with E-state index < -0.39 is 5.97 Å². The molecule has 1 aromatic rings. The molecular formula is C14H17NO4. The van der Waals surface area contributed by atoms with Crippen LogP contribution in [0.3, 0.4) is 0 Å². The van der Waals surface area contributed by atoms with Gasteiger partial charge in [-0.1, -0.05) is 30.3 Å². The maximum absolute atomic E-state index is 12.0. The van der Waals surface area contributed by atoms with E-state index >= 15 is 0 Å². The molecule has 0 saturated heterocycles. The largest absolute Gasteiger partial charge is 0.465 e. The van der Waals surface area contributed by atoms with Crippen LogP contribution in [0.2, 0.25) is 0 Å². The second-order valence-electron chi connectivity index (χ2n) is 3.97. The molecule has 0 saturated carbocycles. The zero-order valence-corrected chi connectivity index (χ0v) is 11.1. The third-order valence-corrected chi connectivity index (χ3v) is 2.50. The summed E-state index contributed by atoms with van der Waals surface area (Å²) in [5.74, 6) is -1.06. The molecule has 5 nitrogen and oxygen atoms in total. The Morgan fingerprint density at radius 1 is 1.11 bits per heavy atom. The minimum absolute atomic E-state index is 0.127. The molecule has 0 aliphatic carbocycles. The third kappa shape index (κ3) is 4.91. The summed E-state index contributed by atoms with van der Waals surface area (Å²) in [6.07, 6.45) is 0. The van der Waals surface area contributed by atoms with E-state index in [1.165, 1.54) is 11.8 Å². The number of ether oxygens (including phenoxy) is 1. The SMILES string of the molecule is CCOC(=O)CN(CC(=O)c1ccccc1)C(C)=O. The highest BCUT2D eigenvalue weighted by Crippen LogP contribution is 2.02. The predicted molar refractivity (Wildman–Crippen MR) is 69.7 cm³/mol. The molecule has 0 aromatic heterocycles. The molecule has 5 heteroatoms. The number of hydrogen-bond donors (Lipinski definition) is 0. The molecule has 0 heterocycles. The molecule has 1 rings (SSSR count). The maximum Gasteiger partial charge on any atom is 0.325 e. The van der Waals surface area contributed by atoms with Crippen molar-refractivity contribution in [3.63, 3.8) is 0 Å². The van der Waals surface area contributed by atoms with Gasteiger partial charge >= 0.3 is 5.97 Å². The topological polar surface area (TPSA) is 63.7 Å². The molecule has 0 unspecified atom stereocenters. The minimum atomic E-state index is -0.515. The average molecular weight is 263 g/mol. The van der Waals surface area contributed by atoms with Gasteiger partial charge in [0.1, 0.15) is 6.54 Å². The lowest BCUT2D eigenvalue weighted by Crippen LogP contribution is -2.38. The van der Waals surface area contributed by atoms with Crippen LogP contribution in [0, 0.1) is 0 Å². The van der Waals surface area contributed by atoms with Crippen molar-refractivity contribution in [2.24, 2.45) is 0 Å². The lowest BCUT2D eigenvalue weighted by Gasteiger charge is -2.19. The summed E-state index contributed by atoms with van der Waals surface area (Å²) in [4.78, 5) is 35.9. The first kappa shape index (κ1) is 14.9. The molecule has 0 atom stereocenters.